The zero-order valence-corrected chi connectivity index (χ0v) is 9.09. The Hall–Kier alpha value is -0.420. The second kappa shape index (κ2) is 6.14. The molecule has 0 bridgehead atoms. The summed E-state index contributed by atoms with van der Waals surface area (Å²) in [5.41, 5.74) is 0. The Kier molecular flexibility index (Phi) is 5.11. The van der Waals surface area contributed by atoms with Crippen molar-refractivity contribution in [3.8, 4) is 0 Å². The largest absolute Gasteiger partial charge is 0.481 e. The van der Waals surface area contributed by atoms with Gasteiger partial charge in [-0.05, 0) is 38.9 Å². The molecule has 0 aliphatic carbocycles. The van der Waals surface area contributed by atoms with Gasteiger partial charge in [0, 0.05) is 16.6 Å². The Balaban J connectivity index is 2.02. The van der Waals surface area contributed by atoms with Crippen molar-refractivity contribution in [2.45, 2.75) is 19.3 Å². The van der Waals surface area contributed by atoms with Gasteiger partial charge in [0.2, 0.25) is 0 Å². The van der Waals surface area contributed by atoms with Crippen molar-refractivity contribution >= 4 is 16.8 Å². The Morgan fingerprint density at radius 2 is 2.00 bits per heavy atom. The molecule has 4 nitrogen and oxygen atoms in total. The van der Waals surface area contributed by atoms with E-state index in [4.69, 9.17) is 5.11 Å². The first kappa shape index (κ1) is 11.7. The summed E-state index contributed by atoms with van der Waals surface area (Å²) in [5, 5.41) is 8.39. The lowest BCUT2D eigenvalue weighted by Crippen LogP contribution is -2.22. The molecule has 0 amide bonds. The fraction of sp³-hybridized carbons (Fsp3) is 0.889. The lowest BCUT2D eigenvalue weighted by atomic mass is 10.4. The number of carbonyl (C=O) groups is 1. The van der Waals surface area contributed by atoms with Gasteiger partial charge in [-0.1, -0.05) is 0 Å². The van der Waals surface area contributed by atoms with Crippen LogP contribution in [-0.2, 0) is 15.6 Å². The van der Waals surface area contributed by atoms with Crippen molar-refractivity contribution < 1.29 is 14.1 Å². The van der Waals surface area contributed by atoms with E-state index in [1.165, 1.54) is 12.8 Å². The number of aliphatic carboxylic acids is 1. The summed E-state index contributed by atoms with van der Waals surface area (Å²) in [7, 11) is -1.18. The molecule has 5 heteroatoms. The summed E-state index contributed by atoms with van der Waals surface area (Å²) in [6.07, 6.45) is 3.37. The Bertz CT molecular complexity index is 214. The maximum atomic E-state index is 11.1. The molecule has 0 aromatic rings. The molecule has 1 aliphatic rings. The lowest BCUT2D eigenvalue weighted by molar-refractivity contribution is -0.133. The SMILES string of the molecule is O=C(O)CS(=O)CCCN1CCCC1. The van der Waals surface area contributed by atoms with Crippen molar-refractivity contribution in [2.24, 2.45) is 0 Å². The maximum Gasteiger partial charge on any atom is 0.316 e. The zero-order chi connectivity index (χ0) is 10.4. The van der Waals surface area contributed by atoms with Crippen molar-refractivity contribution in [3.05, 3.63) is 0 Å². The number of carboxylic acid groups (broad SMARTS) is 1. The Morgan fingerprint density at radius 3 is 2.57 bits per heavy atom. The molecule has 0 spiro atoms. The molecular weight excluding hydrogens is 202 g/mol. The second-order valence-electron chi connectivity index (χ2n) is 3.58. The van der Waals surface area contributed by atoms with Crippen molar-refractivity contribution in [3.63, 3.8) is 0 Å². The van der Waals surface area contributed by atoms with Crippen LogP contribution >= 0.6 is 0 Å². The molecule has 0 aromatic heterocycles. The van der Waals surface area contributed by atoms with Crippen LogP contribution in [0.5, 0.6) is 0 Å². The number of hydrogen-bond donors (Lipinski definition) is 1. The minimum atomic E-state index is -1.18. The number of carboxylic acids is 1. The van der Waals surface area contributed by atoms with Crippen molar-refractivity contribution in [1.29, 1.82) is 0 Å². The summed E-state index contributed by atoms with van der Waals surface area (Å²) in [6.45, 7) is 3.25. The third-order valence-corrected chi connectivity index (χ3v) is 3.64. The molecule has 1 heterocycles. The number of nitrogens with zero attached hydrogens (tertiary/aromatic N) is 1. The summed E-state index contributed by atoms with van der Waals surface area (Å²) >= 11 is 0. The molecule has 0 aromatic carbocycles. The highest BCUT2D eigenvalue weighted by molar-refractivity contribution is 7.85. The van der Waals surface area contributed by atoms with Gasteiger partial charge in [-0.15, -0.1) is 0 Å². The summed E-state index contributed by atoms with van der Waals surface area (Å²) in [5.74, 6) is -0.660. The molecule has 1 aliphatic heterocycles. The van der Waals surface area contributed by atoms with E-state index in [1.807, 2.05) is 0 Å². The monoisotopic (exact) mass is 219 g/mol. The normalized spacial score (nSPS) is 19.7. The highest BCUT2D eigenvalue weighted by Gasteiger charge is 2.11. The van der Waals surface area contributed by atoms with Crippen LogP contribution in [-0.4, -0.2) is 51.3 Å². The summed E-state index contributed by atoms with van der Waals surface area (Å²) in [4.78, 5) is 12.6. The van der Waals surface area contributed by atoms with Gasteiger partial charge in [0.15, 0.2) is 0 Å². The van der Waals surface area contributed by atoms with Crippen molar-refractivity contribution in [2.75, 3.05) is 31.1 Å². The predicted octanol–water partition coefficient (Wildman–Crippen LogP) is 0.306. The van der Waals surface area contributed by atoms with Gasteiger partial charge in [-0.25, -0.2) is 0 Å². The van der Waals surface area contributed by atoms with E-state index < -0.39 is 16.8 Å². The van der Waals surface area contributed by atoms with Crippen LogP contribution in [0.4, 0.5) is 0 Å². The maximum absolute atomic E-state index is 11.1. The smallest absolute Gasteiger partial charge is 0.316 e. The molecule has 1 N–H and O–H groups in total. The predicted molar refractivity (Wildman–Crippen MR) is 55.8 cm³/mol. The van der Waals surface area contributed by atoms with Gasteiger partial charge in [0.1, 0.15) is 5.75 Å². The standard InChI is InChI=1S/C9H17NO3S/c11-9(12)8-14(13)7-3-6-10-4-1-2-5-10/h1-8H2,(H,11,12). The first-order valence-electron chi connectivity index (χ1n) is 4.97. The average molecular weight is 219 g/mol. The quantitative estimate of drug-likeness (QED) is 0.698. The minimum absolute atomic E-state index is 0.208. The lowest BCUT2D eigenvalue weighted by Gasteiger charge is -2.13. The van der Waals surface area contributed by atoms with Crippen LogP contribution in [0.25, 0.3) is 0 Å². The van der Waals surface area contributed by atoms with E-state index in [0.29, 0.717) is 5.75 Å². The molecule has 1 rings (SSSR count). The Morgan fingerprint density at radius 1 is 1.36 bits per heavy atom. The number of rotatable bonds is 6. The second-order valence-corrected chi connectivity index (χ2v) is 5.16. The van der Waals surface area contributed by atoms with E-state index in [2.05, 4.69) is 4.90 Å². The average Bonchev–Trinajstić information content (AvgIpc) is 2.55. The molecule has 82 valence electrons. The Labute approximate surface area is 86.7 Å². The molecular formula is C9H17NO3S. The topological polar surface area (TPSA) is 57.6 Å². The highest BCUT2D eigenvalue weighted by atomic mass is 32.2. The fourth-order valence-corrected chi connectivity index (χ4v) is 2.54. The molecule has 0 saturated carbocycles. The van der Waals surface area contributed by atoms with E-state index >= 15 is 0 Å². The third kappa shape index (κ3) is 4.72. The van der Waals surface area contributed by atoms with Gasteiger partial charge < -0.3 is 10.0 Å². The number of likely N-dealkylation sites (tertiary alicyclic amines) is 1. The van der Waals surface area contributed by atoms with Crippen molar-refractivity contribution in [1.82, 2.24) is 4.90 Å². The van der Waals surface area contributed by atoms with E-state index in [-0.39, 0.29) is 5.75 Å². The van der Waals surface area contributed by atoms with Crippen LogP contribution in [0, 0.1) is 0 Å². The molecule has 14 heavy (non-hydrogen) atoms. The summed E-state index contributed by atoms with van der Waals surface area (Å²) < 4.78 is 11.1. The molecule has 1 unspecified atom stereocenters. The van der Waals surface area contributed by atoms with Gasteiger partial charge >= 0.3 is 5.97 Å². The van der Waals surface area contributed by atoms with Gasteiger partial charge in [-0.2, -0.15) is 0 Å². The first-order valence-corrected chi connectivity index (χ1v) is 6.46. The van der Waals surface area contributed by atoms with Crippen LogP contribution < -0.4 is 0 Å². The van der Waals surface area contributed by atoms with Crippen LogP contribution in [0.1, 0.15) is 19.3 Å². The minimum Gasteiger partial charge on any atom is -0.481 e. The van der Waals surface area contributed by atoms with Crippen LogP contribution in [0.2, 0.25) is 0 Å². The van der Waals surface area contributed by atoms with Gasteiger partial charge in [-0.3, -0.25) is 9.00 Å². The van der Waals surface area contributed by atoms with Crippen LogP contribution in [0.3, 0.4) is 0 Å². The molecule has 1 atom stereocenters. The van der Waals surface area contributed by atoms with E-state index in [0.717, 1.165) is 26.1 Å². The summed E-state index contributed by atoms with van der Waals surface area (Å²) in [6, 6.07) is 0. The fourth-order valence-electron chi connectivity index (χ4n) is 1.67. The third-order valence-electron chi connectivity index (χ3n) is 2.33. The first-order chi connectivity index (χ1) is 6.68. The molecule has 0 radical (unpaired) electrons. The van der Waals surface area contributed by atoms with Crippen LogP contribution in [0.15, 0.2) is 0 Å². The van der Waals surface area contributed by atoms with E-state index in [1.54, 1.807) is 0 Å². The molecule has 1 fully saturated rings. The highest BCUT2D eigenvalue weighted by Crippen LogP contribution is 2.07. The van der Waals surface area contributed by atoms with Gasteiger partial charge in [0.25, 0.3) is 0 Å². The zero-order valence-electron chi connectivity index (χ0n) is 8.28. The molecule has 1 saturated heterocycles. The number of hydrogen-bond acceptors (Lipinski definition) is 3. The van der Waals surface area contributed by atoms with E-state index in [9.17, 15) is 9.00 Å². The van der Waals surface area contributed by atoms with Gasteiger partial charge in [0.05, 0.1) is 0 Å².